The maximum absolute atomic E-state index is 12.8. The van der Waals surface area contributed by atoms with Crippen molar-refractivity contribution in [1.82, 2.24) is 4.31 Å². The Labute approximate surface area is 128 Å². The number of rotatable bonds is 5. The van der Waals surface area contributed by atoms with Gasteiger partial charge in [-0.25, -0.2) is 8.42 Å². The average Bonchev–Trinajstić information content (AvgIpc) is 2.43. The number of hydrogen-bond donors (Lipinski definition) is 0. The van der Waals surface area contributed by atoms with Crippen molar-refractivity contribution in [2.24, 2.45) is 0 Å². The van der Waals surface area contributed by atoms with E-state index in [1.54, 1.807) is 12.1 Å². The zero-order valence-electron chi connectivity index (χ0n) is 13.4. The molecule has 0 aliphatic heterocycles. The molecular formula is C16H24N2O2S. The SMILES string of the molecule is CCC[C@H](C#N)N(C)S(=O)(=O)c1ccccc1C(C)(C)C. The Balaban J connectivity index is 3.36. The van der Waals surface area contributed by atoms with Gasteiger partial charge in [-0.2, -0.15) is 9.57 Å². The first kappa shape index (κ1) is 17.7. The molecule has 0 amide bonds. The standard InChI is InChI=1S/C16H24N2O2S/c1-6-9-13(12-17)18(5)21(19,20)15-11-8-7-10-14(15)16(2,3)4/h7-8,10-11,13H,6,9H2,1-5H3/t13-/m1/s1. The molecule has 4 nitrogen and oxygen atoms in total. The summed E-state index contributed by atoms with van der Waals surface area (Å²) in [6.45, 7) is 7.88. The summed E-state index contributed by atoms with van der Waals surface area (Å²) in [6.07, 6.45) is 1.29. The van der Waals surface area contributed by atoms with Crippen molar-refractivity contribution in [2.45, 2.75) is 56.9 Å². The van der Waals surface area contributed by atoms with Gasteiger partial charge in [0.1, 0.15) is 6.04 Å². The maximum Gasteiger partial charge on any atom is 0.244 e. The van der Waals surface area contributed by atoms with Gasteiger partial charge < -0.3 is 0 Å². The second-order valence-electron chi connectivity index (χ2n) is 6.20. The fraction of sp³-hybridized carbons (Fsp3) is 0.562. The molecule has 0 heterocycles. The van der Waals surface area contributed by atoms with Gasteiger partial charge in [0.2, 0.25) is 10.0 Å². The molecule has 0 radical (unpaired) electrons. The van der Waals surface area contributed by atoms with Crippen molar-refractivity contribution in [2.75, 3.05) is 7.05 Å². The molecule has 1 aromatic rings. The van der Waals surface area contributed by atoms with Crippen molar-refractivity contribution in [3.63, 3.8) is 0 Å². The first-order valence-electron chi connectivity index (χ1n) is 7.13. The Morgan fingerprint density at radius 1 is 1.29 bits per heavy atom. The smallest absolute Gasteiger partial charge is 0.207 e. The Hall–Kier alpha value is -1.38. The van der Waals surface area contributed by atoms with E-state index in [1.165, 1.54) is 11.4 Å². The van der Waals surface area contributed by atoms with Crippen molar-refractivity contribution in [3.05, 3.63) is 29.8 Å². The van der Waals surface area contributed by atoms with Gasteiger partial charge in [0.05, 0.1) is 11.0 Å². The van der Waals surface area contributed by atoms with Gasteiger partial charge in [-0.05, 0) is 23.5 Å². The van der Waals surface area contributed by atoms with Gasteiger partial charge in [0, 0.05) is 7.05 Å². The van der Waals surface area contributed by atoms with Gasteiger partial charge in [-0.1, -0.05) is 52.3 Å². The molecule has 0 unspecified atom stereocenters. The van der Waals surface area contributed by atoms with Crippen LogP contribution in [-0.2, 0) is 15.4 Å². The van der Waals surface area contributed by atoms with Crippen LogP contribution in [0.25, 0.3) is 0 Å². The molecule has 21 heavy (non-hydrogen) atoms. The van der Waals surface area contributed by atoms with E-state index in [0.717, 1.165) is 12.0 Å². The third kappa shape index (κ3) is 3.84. The lowest BCUT2D eigenvalue weighted by Crippen LogP contribution is -2.37. The van der Waals surface area contributed by atoms with Crippen LogP contribution in [0.5, 0.6) is 0 Å². The first-order chi connectivity index (χ1) is 9.66. The lowest BCUT2D eigenvalue weighted by Gasteiger charge is -2.27. The van der Waals surface area contributed by atoms with E-state index >= 15 is 0 Å². The predicted octanol–water partition coefficient (Wildman–Crippen LogP) is 3.30. The van der Waals surface area contributed by atoms with Crippen LogP contribution in [0.2, 0.25) is 0 Å². The minimum atomic E-state index is -3.68. The molecule has 0 saturated carbocycles. The minimum Gasteiger partial charge on any atom is -0.207 e. The average molecular weight is 308 g/mol. The van der Waals surface area contributed by atoms with Crippen LogP contribution in [0, 0.1) is 11.3 Å². The van der Waals surface area contributed by atoms with Gasteiger partial charge in [0.15, 0.2) is 0 Å². The van der Waals surface area contributed by atoms with Crippen molar-refractivity contribution in [1.29, 1.82) is 5.26 Å². The van der Waals surface area contributed by atoms with Gasteiger partial charge in [-0.15, -0.1) is 0 Å². The Bertz CT molecular complexity index is 624. The van der Waals surface area contributed by atoms with Gasteiger partial charge in [-0.3, -0.25) is 0 Å². The van der Waals surface area contributed by atoms with Crippen LogP contribution < -0.4 is 0 Å². The van der Waals surface area contributed by atoms with E-state index < -0.39 is 16.1 Å². The molecule has 0 aromatic heterocycles. The predicted molar refractivity (Wildman–Crippen MR) is 84.4 cm³/mol. The molecule has 1 aromatic carbocycles. The largest absolute Gasteiger partial charge is 0.244 e. The fourth-order valence-electron chi connectivity index (χ4n) is 2.23. The summed E-state index contributed by atoms with van der Waals surface area (Å²) in [5, 5.41) is 9.21. The molecular weight excluding hydrogens is 284 g/mol. The maximum atomic E-state index is 12.8. The monoisotopic (exact) mass is 308 g/mol. The molecule has 0 bridgehead atoms. The summed E-state index contributed by atoms with van der Waals surface area (Å²) in [5.74, 6) is 0. The van der Waals surface area contributed by atoms with Gasteiger partial charge in [0.25, 0.3) is 0 Å². The molecule has 5 heteroatoms. The number of sulfonamides is 1. The Morgan fingerprint density at radius 2 is 1.86 bits per heavy atom. The van der Waals surface area contributed by atoms with E-state index in [-0.39, 0.29) is 10.3 Å². The van der Waals surface area contributed by atoms with Crippen LogP contribution in [0.3, 0.4) is 0 Å². The summed E-state index contributed by atoms with van der Waals surface area (Å²) in [4.78, 5) is 0.288. The van der Waals surface area contributed by atoms with Crippen molar-refractivity contribution in [3.8, 4) is 6.07 Å². The van der Waals surface area contributed by atoms with Crippen LogP contribution in [0.15, 0.2) is 29.2 Å². The molecule has 0 N–H and O–H groups in total. The number of benzene rings is 1. The van der Waals surface area contributed by atoms with E-state index in [9.17, 15) is 13.7 Å². The number of hydrogen-bond acceptors (Lipinski definition) is 3. The zero-order chi connectivity index (χ0) is 16.3. The summed E-state index contributed by atoms with van der Waals surface area (Å²) >= 11 is 0. The Morgan fingerprint density at radius 3 is 2.33 bits per heavy atom. The highest BCUT2D eigenvalue weighted by molar-refractivity contribution is 7.89. The van der Waals surface area contributed by atoms with Gasteiger partial charge >= 0.3 is 0 Å². The van der Waals surface area contributed by atoms with Crippen molar-refractivity contribution < 1.29 is 8.42 Å². The summed E-state index contributed by atoms with van der Waals surface area (Å²) in [5.41, 5.74) is 0.488. The third-order valence-corrected chi connectivity index (χ3v) is 5.43. The molecule has 0 saturated heterocycles. The highest BCUT2D eigenvalue weighted by Crippen LogP contribution is 2.31. The zero-order valence-corrected chi connectivity index (χ0v) is 14.2. The second-order valence-corrected chi connectivity index (χ2v) is 8.17. The number of nitriles is 1. The van der Waals surface area contributed by atoms with E-state index in [2.05, 4.69) is 6.07 Å². The quantitative estimate of drug-likeness (QED) is 0.838. The first-order valence-corrected chi connectivity index (χ1v) is 8.57. The highest BCUT2D eigenvalue weighted by atomic mass is 32.2. The summed E-state index contributed by atoms with van der Waals surface area (Å²) in [7, 11) is -2.19. The molecule has 0 fully saturated rings. The molecule has 1 rings (SSSR count). The summed E-state index contributed by atoms with van der Waals surface area (Å²) in [6, 6.07) is 8.47. The lowest BCUT2D eigenvalue weighted by molar-refractivity contribution is 0.402. The van der Waals surface area contributed by atoms with Crippen LogP contribution >= 0.6 is 0 Å². The van der Waals surface area contributed by atoms with E-state index in [4.69, 9.17) is 0 Å². The van der Waals surface area contributed by atoms with Crippen LogP contribution in [-0.4, -0.2) is 25.8 Å². The fourth-order valence-corrected chi connectivity index (χ4v) is 3.94. The van der Waals surface area contributed by atoms with Crippen LogP contribution in [0.4, 0.5) is 0 Å². The third-order valence-electron chi connectivity index (χ3n) is 3.50. The summed E-state index contributed by atoms with van der Waals surface area (Å²) < 4.78 is 26.9. The lowest BCUT2D eigenvalue weighted by atomic mass is 9.87. The van der Waals surface area contributed by atoms with Crippen molar-refractivity contribution >= 4 is 10.0 Å². The van der Waals surface area contributed by atoms with Crippen LogP contribution in [0.1, 0.15) is 46.1 Å². The normalized spacial score (nSPS) is 14.0. The molecule has 1 atom stereocenters. The molecule has 0 aliphatic rings. The molecule has 116 valence electrons. The number of nitrogens with zero attached hydrogens (tertiary/aromatic N) is 2. The topological polar surface area (TPSA) is 61.2 Å². The minimum absolute atomic E-state index is 0.280. The highest BCUT2D eigenvalue weighted by Gasteiger charge is 2.31. The van der Waals surface area contributed by atoms with E-state index in [0.29, 0.717) is 6.42 Å². The molecule has 0 aliphatic carbocycles. The van der Waals surface area contributed by atoms with E-state index in [1.807, 2.05) is 39.8 Å². The second kappa shape index (κ2) is 6.59. The Kier molecular flexibility index (Phi) is 5.54. The molecule has 0 spiro atoms.